The Kier molecular flexibility index (Phi) is 6.44. The smallest absolute Gasteiger partial charge is 0.127 e. The highest BCUT2D eigenvalue weighted by molar-refractivity contribution is 5.28. The molecule has 1 rings (SSSR count). The number of rotatable bonds is 8. The van der Waals surface area contributed by atoms with E-state index in [0.717, 1.165) is 25.8 Å². The van der Waals surface area contributed by atoms with Gasteiger partial charge in [0.2, 0.25) is 0 Å². The molecule has 0 amide bonds. The molecule has 1 aromatic rings. The zero-order valence-corrected chi connectivity index (χ0v) is 11.0. The monoisotopic (exact) mass is 251 g/mol. The Morgan fingerprint density at radius 3 is 2.94 bits per heavy atom. The lowest BCUT2D eigenvalue weighted by Gasteiger charge is -2.13. The molecule has 0 bridgehead atoms. The van der Waals surface area contributed by atoms with Crippen LogP contribution in [0.2, 0.25) is 0 Å². The molecule has 0 aliphatic carbocycles. The molecule has 0 saturated heterocycles. The third-order valence-electron chi connectivity index (χ3n) is 3.15. The van der Waals surface area contributed by atoms with Gasteiger partial charge in [-0.3, -0.25) is 0 Å². The molecule has 0 aliphatic rings. The fraction of sp³-hybridized carbons (Fsp3) is 0.467. The molecule has 3 heteroatoms. The summed E-state index contributed by atoms with van der Waals surface area (Å²) in [6, 6.07) is 4.11. The molecular formula is C15H22FNO. The zero-order valence-electron chi connectivity index (χ0n) is 11.0. The second-order valence-corrected chi connectivity index (χ2v) is 4.54. The van der Waals surface area contributed by atoms with Crippen molar-refractivity contribution in [1.29, 1.82) is 0 Å². The summed E-state index contributed by atoms with van der Waals surface area (Å²) < 4.78 is 13.4. The van der Waals surface area contributed by atoms with E-state index in [9.17, 15) is 9.50 Å². The first-order valence-corrected chi connectivity index (χ1v) is 6.46. The predicted molar refractivity (Wildman–Crippen MR) is 73.0 cm³/mol. The van der Waals surface area contributed by atoms with E-state index < -0.39 is 0 Å². The Hall–Kier alpha value is -1.35. The van der Waals surface area contributed by atoms with Gasteiger partial charge < -0.3 is 10.4 Å². The zero-order chi connectivity index (χ0) is 13.4. The van der Waals surface area contributed by atoms with Crippen molar-refractivity contribution in [3.63, 3.8) is 0 Å². The lowest BCUT2D eigenvalue weighted by molar-refractivity contribution is 0.451. The minimum Gasteiger partial charge on any atom is -0.508 e. The van der Waals surface area contributed by atoms with Crippen LogP contribution >= 0.6 is 0 Å². The van der Waals surface area contributed by atoms with Crippen molar-refractivity contribution in [2.75, 3.05) is 6.54 Å². The van der Waals surface area contributed by atoms with Gasteiger partial charge in [0.05, 0.1) is 0 Å². The fourth-order valence-corrected chi connectivity index (χ4v) is 1.95. The predicted octanol–water partition coefficient (Wildman–Crippen LogP) is 3.61. The summed E-state index contributed by atoms with van der Waals surface area (Å²) in [6.45, 7) is 7.22. The summed E-state index contributed by atoms with van der Waals surface area (Å²) in [5, 5.41) is 12.5. The molecule has 1 atom stereocenters. The van der Waals surface area contributed by atoms with Gasteiger partial charge in [0.25, 0.3) is 0 Å². The van der Waals surface area contributed by atoms with Crippen LogP contribution in [0, 0.1) is 11.7 Å². The molecule has 0 fully saturated rings. The maximum absolute atomic E-state index is 13.4. The standard InChI is InChI=1S/C15H22FNO/c1-3-5-12(4-2)8-9-17-11-13-10-14(18)6-7-15(13)16/h3,6-7,10,12,17-18H,1,4-5,8-9,11H2,2H3. The van der Waals surface area contributed by atoms with Gasteiger partial charge in [-0.05, 0) is 43.5 Å². The lowest BCUT2D eigenvalue weighted by atomic mass is 9.98. The van der Waals surface area contributed by atoms with Crippen molar-refractivity contribution >= 4 is 0 Å². The summed E-state index contributed by atoms with van der Waals surface area (Å²) in [5.41, 5.74) is 0.506. The largest absolute Gasteiger partial charge is 0.508 e. The van der Waals surface area contributed by atoms with Gasteiger partial charge in [-0.25, -0.2) is 4.39 Å². The van der Waals surface area contributed by atoms with Gasteiger partial charge in [0, 0.05) is 12.1 Å². The van der Waals surface area contributed by atoms with Crippen LogP contribution in [0.5, 0.6) is 5.75 Å². The van der Waals surface area contributed by atoms with Gasteiger partial charge in [-0.15, -0.1) is 6.58 Å². The minimum atomic E-state index is -0.279. The van der Waals surface area contributed by atoms with Crippen LogP contribution in [0.4, 0.5) is 4.39 Å². The van der Waals surface area contributed by atoms with Crippen molar-refractivity contribution in [1.82, 2.24) is 5.32 Å². The van der Waals surface area contributed by atoms with E-state index in [2.05, 4.69) is 18.8 Å². The summed E-state index contributed by atoms with van der Waals surface area (Å²) in [6.07, 6.45) is 5.17. The number of nitrogens with one attached hydrogen (secondary N) is 1. The second-order valence-electron chi connectivity index (χ2n) is 4.54. The third-order valence-corrected chi connectivity index (χ3v) is 3.15. The third kappa shape index (κ3) is 4.88. The Labute approximate surface area is 109 Å². The second kappa shape index (κ2) is 7.88. The summed E-state index contributed by atoms with van der Waals surface area (Å²) in [4.78, 5) is 0. The van der Waals surface area contributed by atoms with Crippen molar-refractivity contribution in [2.24, 2.45) is 5.92 Å². The Bertz CT molecular complexity index is 379. The van der Waals surface area contributed by atoms with Gasteiger partial charge in [-0.1, -0.05) is 19.4 Å². The molecular weight excluding hydrogens is 229 g/mol. The molecule has 0 heterocycles. The summed E-state index contributed by atoms with van der Waals surface area (Å²) in [5.74, 6) is 0.466. The minimum absolute atomic E-state index is 0.103. The first-order chi connectivity index (χ1) is 8.67. The lowest BCUT2D eigenvalue weighted by Crippen LogP contribution is -2.18. The van der Waals surface area contributed by atoms with Crippen molar-refractivity contribution in [2.45, 2.75) is 32.7 Å². The van der Waals surface area contributed by atoms with Gasteiger partial charge in [-0.2, -0.15) is 0 Å². The molecule has 0 saturated carbocycles. The molecule has 1 aromatic carbocycles. The maximum Gasteiger partial charge on any atom is 0.127 e. The highest BCUT2D eigenvalue weighted by Crippen LogP contribution is 2.16. The topological polar surface area (TPSA) is 32.3 Å². The van der Waals surface area contributed by atoms with Crippen LogP contribution in [-0.4, -0.2) is 11.7 Å². The van der Waals surface area contributed by atoms with Crippen LogP contribution in [0.25, 0.3) is 0 Å². The average molecular weight is 251 g/mol. The number of allylic oxidation sites excluding steroid dienone is 1. The highest BCUT2D eigenvalue weighted by atomic mass is 19.1. The molecule has 2 nitrogen and oxygen atoms in total. The van der Waals surface area contributed by atoms with Gasteiger partial charge in [0.1, 0.15) is 11.6 Å². The van der Waals surface area contributed by atoms with Crippen LogP contribution in [0.3, 0.4) is 0 Å². The van der Waals surface area contributed by atoms with Gasteiger partial charge in [0.15, 0.2) is 0 Å². The summed E-state index contributed by atoms with van der Waals surface area (Å²) >= 11 is 0. The van der Waals surface area contributed by atoms with E-state index in [4.69, 9.17) is 0 Å². The first kappa shape index (κ1) is 14.7. The number of aromatic hydroxyl groups is 1. The number of phenolic OH excluding ortho intramolecular Hbond substituents is 1. The number of benzene rings is 1. The molecule has 0 spiro atoms. The van der Waals surface area contributed by atoms with Crippen LogP contribution in [-0.2, 0) is 6.54 Å². The highest BCUT2D eigenvalue weighted by Gasteiger charge is 2.05. The van der Waals surface area contributed by atoms with E-state index in [1.54, 1.807) is 0 Å². The fourth-order valence-electron chi connectivity index (χ4n) is 1.95. The van der Waals surface area contributed by atoms with E-state index >= 15 is 0 Å². The van der Waals surface area contributed by atoms with Crippen LogP contribution in [0.1, 0.15) is 31.7 Å². The quantitative estimate of drug-likeness (QED) is 0.546. The van der Waals surface area contributed by atoms with Crippen LogP contribution < -0.4 is 5.32 Å². The Morgan fingerprint density at radius 2 is 2.28 bits per heavy atom. The number of phenols is 1. The van der Waals surface area contributed by atoms with Crippen molar-refractivity contribution in [3.8, 4) is 5.75 Å². The molecule has 1 unspecified atom stereocenters. The molecule has 0 aromatic heterocycles. The number of hydrogen-bond acceptors (Lipinski definition) is 2. The Balaban J connectivity index is 2.33. The molecule has 0 radical (unpaired) electrons. The average Bonchev–Trinajstić information content (AvgIpc) is 2.37. The normalized spacial score (nSPS) is 12.3. The number of halogens is 1. The Morgan fingerprint density at radius 1 is 1.50 bits per heavy atom. The van der Waals surface area contributed by atoms with E-state index in [-0.39, 0.29) is 11.6 Å². The van der Waals surface area contributed by atoms with E-state index in [0.29, 0.717) is 18.0 Å². The molecule has 0 aliphatic heterocycles. The SMILES string of the molecule is C=CCC(CC)CCNCc1cc(O)ccc1F. The molecule has 2 N–H and O–H groups in total. The van der Waals surface area contributed by atoms with Crippen molar-refractivity contribution in [3.05, 3.63) is 42.2 Å². The molecule has 100 valence electrons. The van der Waals surface area contributed by atoms with E-state index in [1.165, 1.54) is 18.2 Å². The van der Waals surface area contributed by atoms with E-state index in [1.807, 2.05) is 6.08 Å². The maximum atomic E-state index is 13.4. The number of hydrogen-bond donors (Lipinski definition) is 2. The molecule has 18 heavy (non-hydrogen) atoms. The summed E-state index contributed by atoms with van der Waals surface area (Å²) in [7, 11) is 0. The van der Waals surface area contributed by atoms with Gasteiger partial charge >= 0.3 is 0 Å². The van der Waals surface area contributed by atoms with Crippen molar-refractivity contribution < 1.29 is 9.50 Å². The first-order valence-electron chi connectivity index (χ1n) is 6.46. The van der Waals surface area contributed by atoms with Crippen LogP contribution in [0.15, 0.2) is 30.9 Å².